The molecule has 0 unspecified atom stereocenters. The lowest BCUT2D eigenvalue weighted by atomic mass is 9.85. The number of allylic oxidation sites excluding steroid dienone is 4. The van der Waals surface area contributed by atoms with E-state index in [9.17, 15) is 97.8 Å². The fourth-order valence-corrected chi connectivity index (χ4v) is 16.9. The number of unbranched alkanes of at least 4 members (excludes halogenated alkanes) is 24. The second-order valence-electron chi connectivity index (χ2n) is 36.8. The average Bonchev–Trinajstić information content (AvgIpc) is 1.69. The minimum atomic E-state index is -3.31. The lowest BCUT2D eigenvalue weighted by Crippen LogP contribution is -2.30. The molecule has 0 saturated heterocycles. The molecule has 0 aromatic carbocycles. The number of ketones is 8. The first-order chi connectivity index (χ1) is 59.1. The zero-order valence-corrected chi connectivity index (χ0v) is 78.7. The standard InChI is InChI=1S/C25H42F2O5.C25H42F2O4.2C25H40F2O4.2CH4/c1-4-5-16-25(26,27)23(30)15-14-20-19(21(28)17-22(20)29)12-10-8-6-7-9-11-13-24(31)32-18(2)3;3*1-4-5-18-25(26,27)23(29)17-15-20-14-16-22(28)21(20)12-10-8-6-7-9-11-13-24(30)31-19(2)3;;/h18-20,22,29H,4-17H2,1-3H3;19-21H,4-18H2,1-3H3;2*14,16,19-21H,4-13,15,17-18H2,1-3H3;2*1H4/t19-,20-,22-;3*20-,21-;;/m1111../s1. The Labute approximate surface area is 760 Å². The number of carbonyl (C=O) groups is 12. The van der Waals surface area contributed by atoms with E-state index in [-0.39, 0.29) is 185 Å². The number of aliphatic hydroxyl groups excluding tert-OH is 1. The highest BCUT2D eigenvalue weighted by molar-refractivity contribution is 5.95. The van der Waals surface area contributed by atoms with Crippen LogP contribution in [0.4, 0.5) is 35.1 Å². The summed E-state index contributed by atoms with van der Waals surface area (Å²) in [6.07, 6.45) is 37.3. The van der Waals surface area contributed by atoms with Gasteiger partial charge in [-0.05, 0) is 200 Å². The third-order valence-electron chi connectivity index (χ3n) is 24.3. The minimum Gasteiger partial charge on any atom is -0.463 e. The van der Waals surface area contributed by atoms with Gasteiger partial charge in [-0.25, -0.2) is 0 Å². The van der Waals surface area contributed by atoms with E-state index in [1.165, 1.54) is 0 Å². The van der Waals surface area contributed by atoms with E-state index in [1.807, 2.05) is 76.2 Å². The largest absolute Gasteiger partial charge is 0.463 e. The van der Waals surface area contributed by atoms with Crippen molar-refractivity contribution in [1.82, 2.24) is 0 Å². The fourth-order valence-electron chi connectivity index (χ4n) is 16.9. The van der Waals surface area contributed by atoms with Crippen LogP contribution in [0.3, 0.4) is 0 Å². The quantitative estimate of drug-likeness (QED) is 0.0257. The van der Waals surface area contributed by atoms with Gasteiger partial charge in [-0.3, -0.25) is 57.5 Å². The summed E-state index contributed by atoms with van der Waals surface area (Å²) in [6, 6.07) is 0. The van der Waals surface area contributed by atoms with Crippen molar-refractivity contribution < 1.29 is 117 Å². The summed E-state index contributed by atoms with van der Waals surface area (Å²) in [7, 11) is 0. The average molecular weight is 1820 g/mol. The number of ether oxygens (including phenoxy) is 4. The summed E-state index contributed by atoms with van der Waals surface area (Å²) >= 11 is 0. The number of carbonyl (C=O) groups excluding carboxylic acids is 12. The molecule has 2 saturated carbocycles. The topological polar surface area (TPSA) is 262 Å². The predicted molar refractivity (Wildman–Crippen MR) is 487 cm³/mol. The molecule has 4 aliphatic rings. The van der Waals surface area contributed by atoms with Crippen LogP contribution >= 0.6 is 0 Å². The fraction of sp³-hybridized carbons (Fsp3) is 0.843. The Morgan fingerprint density at radius 2 is 0.583 bits per heavy atom. The zero-order chi connectivity index (χ0) is 94.0. The van der Waals surface area contributed by atoms with Gasteiger partial charge in [0.05, 0.1) is 30.5 Å². The number of hydrogen-bond acceptors (Lipinski definition) is 17. The van der Waals surface area contributed by atoms with Gasteiger partial charge in [-0.1, -0.05) is 209 Å². The highest BCUT2D eigenvalue weighted by Crippen LogP contribution is 2.41. The summed E-state index contributed by atoms with van der Waals surface area (Å²) in [5, 5.41) is 10.2. The van der Waals surface area contributed by atoms with Gasteiger partial charge in [-0.2, -0.15) is 35.1 Å². The number of hydrogen-bond donors (Lipinski definition) is 1. The molecular weight excluding hydrogens is 1650 g/mol. The van der Waals surface area contributed by atoms with Gasteiger partial charge in [0.15, 0.2) is 11.6 Å². The Morgan fingerprint density at radius 3 is 0.866 bits per heavy atom. The highest BCUT2D eigenvalue weighted by atomic mass is 19.3. The Balaban J connectivity index is 0. The first-order valence-corrected chi connectivity index (χ1v) is 48.7. The van der Waals surface area contributed by atoms with Crippen LogP contribution in [0.1, 0.15) is 451 Å². The molecule has 9 atom stereocenters. The third kappa shape index (κ3) is 55.9. The van der Waals surface area contributed by atoms with Gasteiger partial charge in [0, 0.05) is 114 Å². The molecule has 1 N–H and O–H groups in total. The van der Waals surface area contributed by atoms with E-state index < -0.39 is 65.3 Å². The van der Waals surface area contributed by atoms with E-state index in [0.717, 1.165) is 180 Å². The molecular formula is C102H172F8O17. The summed E-state index contributed by atoms with van der Waals surface area (Å²) in [4.78, 5) is 142. The maximum atomic E-state index is 13.9. The van der Waals surface area contributed by atoms with Gasteiger partial charge < -0.3 is 24.1 Å². The smallest absolute Gasteiger partial charge is 0.306 e. The van der Waals surface area contributed by atoms with Crippen molar-refractivity contribution in [2.24, 2.45) is 47.3 Å². The van der Waals surface area contributed by atoms with Crippen molar-refractivity contribution in [1.29, 1.82) is 0 Å². The molecule has 25 heteroatoms. The third-order valence-corrected chi connectivity index (χ3v) is 24.3. The molecule has 738 valence electrons. The lowest BCUT2D eigenvalue weighted by Gasteiger charge is -2.22. The Bertz CT molecular complexity index is 3010. The van der Waals surface area contributed by atoms with Crippen molar-refractivity contribution in [2.75, 3.05) is 0 Å². The van der Waals surface area contributed by atoms with Gasteiger partial charge in [0.1, 0.15) is 11.6 Å². The molecule has 2 fully saturated rings. The summed E-state index contributed by atoms with van der Waals surface area (Å²) in [5.41, 5.74) is 0. The van der Waals surface area contributed by atoms with Gasteiger partial charge in [-0.15, -0.1) is 0 Å². The van der Waals surface area contributed by atoms with Crippen molar-refractivity contribution >= 4 is 70.1 Å². The molecule has 0 aliphatic heterocycles. The molecule has 17 nitrogen and oxygen atoms in total. The first-order valence-electron chi connectivity index (χ1n) is 48.7. The molecule has 0 aromatic heterocycles. The van der Waals surface area contributed by atoms with Gasteiger partial charge >= 0.3 is 47.6 Å². The molecule has 4 aliphatic carbocycles. The van der Waals surface area contributed by atoms with Crippen LogP contribution in [-0.4, -0.2) is 129 Å². The normalized spacial score (nSPS) is 19.2. The molecule has 4 rings (SSSR count). The lowest BCUT2D eigenvalue weighted by molar-refractivity contribution is -0.148. The molecule has 0 radical (unpaired) electrons. The van der Waals surface area contributed by atoms with E-state index in [4.69, 9.17) is 18.9 Å². The van der Waals surface area contributed by atoms with Crippen LogP contribution in [0.5, 0.6) is 0 Å². The molecule has 0 aromatic rings. The minimum absolute atomic E-state index is 0. The zero-order valence-electron chi connectivity index (χ0n) is 78.7. The number of rotatable bonds is 68. The highest BCUT2D eigenvalue weighted by Gasteiger charge is 2.45. The second-order valence-corrected chi connectivity index (χ2v) is 36.8. The van der Waals surface area contributed by atoms with Crippen LogP contribution in [0.2, 0.25) is 0 Å². The van der Waals surface area contributed by atoms with E-state index in [0.29, 0.717) is 109 Å². The molecule has 127 heavy (non-hydrogen) atoms. The first kappa shape index (κ1) is 123. The Kier molecular flexibility index (Phi) is 67.8. The SMILES string of the molecule is C.C.CCCCC(F)(F)C(=O)CC[C@H]1C=CC(=O)[C@@H]1CCCCCCCCC(=O)OC(C)C.CCCCC(F)(F)C(=O)CC[C@H]1C=CC(=O)[C@@H]1CCCCCCCCC(=O)OC(C)C.CCCCC(F)(F)C(=O)CC[C@H]1CCC(=O)[C@@H]1CCCCCCCCC(=O)OC(C)C.CCCCC(F)(F)C(=O)CC[C@H]1[C@H](O)CC(=O)[C@@H]1CCCCCCCCC(=O)OC(C)C. The van der Waals surface area contributed by atoms with Crippen LogP contribution < -0.4 is 0 Å². The van der Waals surface area contributed by atoms with Crippen LogP contribution in [0.15, 0.2) is 24.3 Å². The number of halogens is 8. The van der Waals surface area contributed by atoms with E-state index in [2.05, 4.69) is 0 Å². The van der Waals surface area contributed by atoms with Crippen molar-refractivity contribution in [3.05, 3.63) is 24.3 Å². The maximum absolute atomic E-state index is 13.9. The van der Waals surface area contributed by atoms with Crippen molar-refractivity contribution in [3.63, 3.8) is 0 Å². The Morgan fingerprint density at radius 1 is 0.331 bits per heavy atom. The molecule has 0 heterocycles. The van der Waals surface area contributed by atoms with Crippen LogP contribution in [0.25, 0.3) is 0 Å². The van der Waals surface area contributed by atoms with E-state index in [1.54, 1.807) is 31.2 Å². The summed E-state index contributed by atoms with van der Waals surface area (Å²) < 4.78 is 131. The van der Waals surface area contributed by atoms with Crippen LogP contribution in [-0.2, 0) is 76.5 Å². The number of esters is 4. The van der Waals surface area contributed by atoms with Crippen molar-refractivity contribution in [3.8, 4) is 0 Å². The maximum Gasteiger partial charge on any atom is 0.306 e. The predicted octanol–water partition coefficient (Wildman–Crippen LogP) is 27.1. The summed E-state index contributed by atoms with van der Waals surface area (Å²) in [5.74, 6) is -18.6. The number of alkyl halides is 8. The van der Waals surface area contributed by atoms with Gasteiger partial charge in [0.25, 0.3) is 0 Å². The monoisotopic (exact) mass is 1820 g/mol. The van der Waals surface area contributed by atoms with Crippen LogP contribution in [0, 0.1) is 47.3 Å². The molecule has 0 amide bonds. The number of aliphatic hydroxyl groups is 1. The van der Waals surface area contributed by atoms with Crippen molar-refractivity contribution in [2.45, 2.75) is 505 Å². The molecule has 0 bridgehead atoms. The second kappa shape index (κ2) is 69.9. The summed E-state index contributed by atoms with van der Waals surface area (Å²) in [6.45, 7) is 22.0. The molecule has 0 spiro atoms. The van der Waals surface area contributed by atoms with Gasteiger partial charge in [0.2, 0.25) is 23.1 Å². The van der Waals surface area contributed by atoms with E-state index >= 15 is 0 Å². The Hall–Kier alpha value is -5.88. The number of Topliss-reactive ketones (excluding diaryl/α,β-unsaturated/α-hetero) is 6.